The predicted octanol–water partition coefficient (Wildman–Crippen LogP) is 4.20. The van der Waals surface area contributed by atoms with Gasteiger partial charge in [-0.3, -0.25) is 0 Å². The van der Waals surface area contributed by atoms with E-state index < -0.39 is 37.0 Å². The average molecular weight is 661 g/mol. The monoisotopic (exact) mass is 660 g/mol. The standard InChI is InChI=1S/C34H34F2N6O6/c1-43-34-32(45-20-28-18-42(40-38-28)16-23-9-13-26(36)14-10-23)31(30-29(47-34)21-46-33(48-30)24-5-3-2-4-6-24)44-19-27-17-41(39-37-27)15-22-7-11-25(35)12-8-22/h2-14,17-18,29-34H,15-16,19-21H2,1H3. The van der Waals surface area contributed by atoms with Gasteiger partial charge in [-0.05, 0) is 35.4 Å². The Morgan fingerprint density at radius 1 is 0.729 bits per heavy atom. The van der Waals surface area contributed by atoms with Crippen LogP contribution in [0.5, 0.6) is 0 Å². The van der Waals surface area contributed by atoms with E-state index in [-0.39, 0.29) is 31.5 Å². The highest BCUT2D eigenvalue weighted by molar-refractivity contribution is 5.18. The van der Waals surface area contributed by atoms with Crippen molar-refractivity contribution in [3.05, 3.63) is 131 Å². The zero-order chi connectivity index (χ0) is 32.9. The Hall–Kier alpha value is -4.44. The second-order valence-corrected chi connectivity index (χ2v) is 11.6. The Bertz CT molecular complexity index is 1760. The first-order chi connectivity index (χ1) is 23.5. The van der Waals surface area contributed by atoms with Crippen molar-refractivity contribution in [1.29, 1.82) is 0 Å². The molecule has 250 valence electrons. The molecule has 6 unspecified atom stereocenters. The minimum atomic E-state index is -0.805. The Labute approximate surface area is 275 Å². The molecule has 2 aliphatic rings. The quantitative estimate of drug-likeness (QED) is 0.193. The highest BCUT2D eigenvalue weighted by Crippen LogP contribution is 2.37. The number of hydrogen-bond acceptors (Lipinski definition) is 10. The van der Waals surface area contributed by atoms with Crippen molar-refractivity contribution in [3.8, 4) is 0 Å². The van der Waals surface area contributed by atoms with Gasteiger partial charge in [-0.1, -0.05) is 65.0 Å². The summed E-state index contributed by atoms with van der Waals surface area (Å²) in [5.74, 6) is -0.599. The molecule has 6 atom stereocenters. The molecule has 2 fully saturated rings. The number of halogens is 2. The first-order valence-electron chi connectivity index (χ1n) is 15.5. The van der Waals surface area contributed by atoms with Crippen LogP contribution in [0.1, 0.15) is 34.4 Å². The summed E-state index contributed by atoms with van der Waals surface area (Å²) in [6.45, 7) is 1.28. The fourth-order valence-electron chi connectivity index (χ4n) is 5.76. The van der Waals surface area contributed by atoms with Crippen LogP contribution in [-0.4, -0.2) is 74.4 Å². The molecule has 12 nitrogen and oxygen atoms in total. The van der Waals surface area contributed by atoms with E-state index >= 15 is 0 Å². The fourth-order valence-corrected chi connectivity index (χ4v) is 5.76. The predicted molar refractivity (Wildman–Crippen MR) is 164 cm³/mol. The summed E-state index contributed by atoms with van der Waals surface area (Å²) in [6.07, 6.45) is -0.369. The lowest BCUT2D eigenvalue weighted by molar-refractivity contribution is -0.369. The van der Waals surface area contributed by atoms with Crippen LogP contribution in [0.4, 0.5) is 8.78 Å². The summed E-state index contributed by atoms with van der Waals surface area (Å²) in [4.78, 5) is 0. The minimum absolute atomic E-state index is 0.0843. The van der Waals surface area contributed by atoms with Crippen LogP contribution in [0.3, 0.4) is 0 Å². The van der Waals surface area contributed by atoms with Gasteiger partial charge in [0.25, 0.3) is 0 Å². The maximum Gasteiger partial charge on any atom is 0.186 e. The fraction of sp³-hybridized carbons (Fsp3) is 0.353. The molecule has 0 bridgehead atoms. The van der Waals surface area contributed by atoms with Gasteiger partial charge in [0, 0.05) is 12.7 Å². The summed E-state index contributed by atoms with van der Waals surface area (Å²) < 4.78 is 67.5. The van der Waals surface area contributed by atoms with Crippen molar-refractivity contribution in [2.75, 3.05) is 13.7 Å². The third kappa shape index (κ3) is 7.65. The number of nitrogens with zero attached hydrogens (tertiary/aromatic N) is 6. The molecule has 7 rings (SSSR count). The SMILES string of the molecule is COC1OC2COC(c3ccccc3)OC2C(OCc2cn(Cc3ccc(F)cc3)nn2)C1OCc1cn(Cc2ccc(F)cc2)nn1. The summed E-state index contributed by atoms with van der Waals surface area (Å²) in [5, 5.41) is 17.0. The zero-order valence-electron chi connectivity index (χ0n) is 26.0. The van der Waals surface area contributed by atoms with E-state index in [0.717, 1.165) is 16.7 Å². The third-order valence-electron chi connectivity index (χ3n) is 8.12. The maximum absolute atomic E-state index is 13.4. The smallest absolute Gasteiger partial charge is 0.186 e. The Balaban J connectivity index is 1.08. The van der Waals surface area contributed by atoms with E-state index in [0.29, 0.717) is 24.5 Å². The number of benzene rings is 3. The van der Waals surface area contributed by atoms with E-state index in [1.807, 2.05) is 30.3 Å². The molecule has 2 aliphatic heterocycles. The molecule has 0 aliphatic carbocycles. The molecular formula is C34H34F2N6O6. The molecule has 0 N–H and O–H groups in total. The van der Waals surface area contributed by atoms with Crippen molar-refractivity contribution < 1.29 is 37.2 Å². The third-order valence-corrected chi connectivity index (χ3v) is 8.12. The van der Waals surface area contributed by atoms with E-state index in [1.165, 1.54) is 31.4 Å². The van der Waals surface area contributed by atoms with Gasteiger partial charge in [0.1, 0.15) is 47.4 Å². The van der Waals surface area contributed by atoms with Gasteiger partial charge in [-0.15, -0.1) is 10.2 Å². The number of methoxy groups -OCH3 is 1. The molecule has 3 aromatic carbocycles. The summed E-state index contributed by atoms with van der Waals surface area (Å²) >= 11 is 0. The van der Waals surface area contributed by atoms with E-state index in [1.54, 1.807) is 46.0 Å². The summed E-state index contributed by atoms with van der Waals surface area (Å²) in [6, 6.07) is 22.1. The first-order valence-corrected chi connectivity index (χ1v) is 15.5. The highest BCUT2D eigenvalue weighted by Gasteiger charge is 2.51. The van der Waals surface area contributed by atoms with Gasteiger partial charge in [0.05, 0.1) is 45.3 Å². The average Bonchev–Trinajstić information content (AvgIpc) is 3.77. The van der Waals surface area contributed by atoms with Crippen LogP contribution in [0, 0.1) is 11.6 Å². The Morgan fingerprint density at radius 2 is 1.29 bits per heavy atom. The molecule has 2 saturated heterocycles. The van der Waals surface area contributed by atoms with Crippen LogP contribution < -0.4 is 0 Å². The molecule has 0 spiro atoms. The molecule has 0 radical (unpaired) electrons. The minimum Gasteiger partial charge on any atom is -0.366 e. The van der Waals surface area contributed by atoms with Crippen LogP contribution in [0.15, 0.2) is 91.3 Å². The topological polar surface area (TPSA) is 117 Å². The maximum atomic E-state index is 13.4. The van der Waals surface area contributed by atoms with Crippen LogP contribution >= 0.6 is 0 Å². The lowest BCUT2D eigenvalue weighted by atomic mass is 9.97. The molecule has 2 aromatic heterocycles. The normalized spacial score (nSPS) is 24.0. The molecule has 14 heteroatoms. The molecule has 4 heterocycles. The number of hydrogen-bond donors (Lipinski definition) is 0. The van der Waals surface area contributed by atoms with Gasteiger partial charge < -0.3 is 28.4 Å². The van der Waals surface area contributed by atoms with Crippen LogP contribution in [0.2, 0.25) is 0 Å². The molecule has 48 heavy (non-hydrogen) atoms. The van der Waals surface area contributed by atoms with Crippen LogP contribution in [-0.2, 0) is 54.7 Å². The summed E-state index contributed by atoms with van der Waals surface area (Å²) in [5.41, 5.74) is 3.79. The van der Waals surface area contributed by atoms with Gasteiger partial charge >= 0.3 is 0 Å². The Kier molecular flexibility index (Phi) is 9.88. The van der Waals surface area contributed by atoms with Gasteiger partial charge in [0.2, 0.25) is 0 Å². The van der Waals surface area contributed by atoms with Crippen LogP contribution in [0.25, 0.3) is 0 Å². The van der Waals surface area contributed by atoms with E-state index in [4.69, 9.17) is 28.4 Å². The van der Waals surface area contributed by atoms with Gasteiger partial charge in [-0.25, -0.2) is 18.1 Å². The van der Waals surface area contributed by atoms with Crippen molar-refractivity contribution in [3.63, 3.8) is 0 Å². The van der Waals surface area contributed by atoms with E-state index in [2.05, 4.69) is 20.6 Å². The zero-order valence-corrected chi connectivity index (χ0v) is 26.0. The van der Waals surface area contributed by atoms with Crippen molar-refractivity contribution in [2.24, 2.45) is 0 Å². The van der Waals surface area contributed by atoms with E-state index in [9.17, 15) is 8.78 Å². The summed E-state index contributed by atoms with van der Waals surface area (Å²) in [7, 11) is 1.54. The Morgan fingerprint density at radius 3 is 1.85 bits per heavy atom. The molecule has 0 amide bonds. The van der Waals surface area contributed by atoms with Gasteiger partial charge in [-0.2, -0.15) is 0 Å². The molecule has 5 aromatic rings. The number of ether oxygens (including phenoxy) is 6. The van der Waals surface area contributed by atoms with Crippen molar-refractivity contribution >= 4 is 0 Å². The second kappa shape index (κ2) is 14.8. The van der Waals surface area contributed by atoms with Gasteiger partial charge in [0.15, 0.2) is 12.6 Å². The number of fused-ring (bicyclic) bond motifs is 1. The highest BCUT2D eigenvalue weighted by atomic mass is 19.1. The number of aromatic nitrogens is 6. The lowest BCUT2D eigenvalue weighted by Crippen LogP contribution is -2.63. The van der Waals surface area contributed by atoms with Crippen molar-refractivity contribution in [2.45, 2.75) is 63.3 Å². The molecule has 0 saturated carbocycles. The first kappa shape index (κ1) is 32.1. The largest absolute Gasteiger partial charge is 0.366 e. The lowest BCUT2D eigenvalue weighted by Gasteiger charge is -2.48. The number of rotatable bonds is 12. The molecular weight excluding hydrogens is 626 g/mol. The second-order valence-electron chi connectivity index (χ2n) is 11.6. The van der Waals surface area contributed by atoms with Crippen molar-refractivity contribution in [1.82, 2.24) is 30.0 Å².